The normalized spacial score (nSPS) is 11.6. The summed E-state index contributed by atoms with van der Waals surface area (Å²) in [6.07, 6.45) is 0.962. The lowest BCUT2D eigenvalue weighted by Gasteiger charge is -2.17. The Labute approximate surface area is 192 Å². The van der Waals surface area contributed by atoms with E-state index in [1.807, 2.05) is 13.8 Å². The zero-order valence-corrected chi connectivity index (χ0v) is 18.4. The molecule has 9 heteroatoms. The first-order valence-corrected chi connectivity index (χ1v) is 10.5. The van der Waals surface area contributed by atoms with Crippen molar-refractivity contribution in [3.05, 3.63) is 59.2 Å². The Bertz CT molecular complexity index is 1370. The molecular weight excluding hydrogens is 456 g/mol. The van der Waals surface area contributed by atoms with Gasteiger partial charge < -0.3 is 19.7 Å². The number of aliphatic carboxylic acids is 1. The zero-order valence-electron chi connectivity index (χ0n) is 17.7. The van der Waals surface area contributed by atoms with Gasteiger partial charge in [0.1, 0.15) is 11.5 Å². The van der Waals surface area contributed by atoms with Crippen molar-refractivity contribution in [3.63, 3.8) is 0 Å². The lowest BCUT2D eigenvalue weighted by atomic mass is 10.0. The fraction of sp³-hybridized carbons (Fsp3) is 0.208. The summed E-state index contributed by atoms with van der Waals surface area (Å²) >= 11 is 6.39. The van der Waals surface area contributed by atoms with Crippen molar-refractivity contribution in [3.8, 4) is 23.1 Å². The molecule has 0 aliphatic carbocycles. The molecule has 4 aromatic rings. The minimum absolute atomic E-state index is 0.0978. The molecule has 1 heterocycles. The third-order valence-electron chi connectivity index (χ3n) is 5.05. The number of halogens is 3. The quantitative estimate of drug-likeness (QED) is 0.334. The van der Waals surface area contributed by atoms with Crippen LogP contribution in [0.3, 0.4) is 0 Å². The monoisotopic (exact) mass is 475 g/mol. The third-order valence-corrected chi connectivity index (χ3v) is 5.36. The smallest absolute Gasteiger partial charge is 0.387 e. The van der Waals surface area contributed by atoms with Crippen LogP contribution in [0.2, 0.25) is 5.02 Å². The fourth-order valence-electron chi connectivity index (χ4n) is 3.84. The number of carbonyl (C=O) groups is 1. The maximum atomic E-state index is 13.3. The number of rotatable bonds is 7. The van der Waals surface area contributed by atoms with Crippen LogP contribution >= 0.6 is 11.6 Å². The first kappa shape index (κ1) is 22.7. The lowest BCUT2D eigenvalue weighted by molar-refractivity contribution is -0.136. The van der Waals surface area contributed by atoms with Gasteiger partial charge >= 0.3 is 12.6 Å². The second-order valence-corrected chi connectivity index (χ2v) is 8.12. The van der Waals surface area contributed by atoms with Gasteiger partial charge in [0.05, 0.1) is 34.0 Å². The van der Waals surface area contributed by atoms with E-state index >= 15 is 0 Å². The molecule has 0 aliphatic heterocycles. The maximum absolute atomic E-state index is 13.3. The van der Waals surface area contributed by atoms with Crippen molar-refractivity contribution in [2.45, 2.75) is 33.0 Å². The van der Waals surface area contributed by atoms with E-state index in [0.29, 0.717) is 27.8 Å². The number of fused-ring (bicyclic) bond motifs is 2. The van der Waals surface area contributed by atoms with Crippen LogP contribution in [0.1, 0.15) is 19.4 Å². The Balaban J connectivity index is 2.04. The number of aromatic hydroxyl groups is 1. The van der Waals surface area contributed by atoms with Gasteiger partial charge in [-0.15, -0.1) is 0 Å². The van der Waals surface area contributed by atoms with Gasteiger partial charge in [-0.05, 0) is 31.5 Å². The molecule has 0 unspecified atom stereocenters. The van der Waals surface area contributed by atoms with Crippen molar-refractivity contribution in [2.75, 3.05) is 0 Å². The Hall–Kier alpha value is -3.52. The van der Waals surface area contributed by atoms with Crippen molar-refractivity contribution in [2.24, 2.45) is 0 Å². The Morgan fingerprint density at radius 2 is 1.73 bits per heavy atom. The number of carboxylic acid groups (broad SMARTS) is 1. The third kappa shape index (κ3) is 4.26. The fourth-order valence-corrected chi connectivity index (χ4v) is 4.13. The van der Waals surface area contributed by atoms with Crippen LogP contribution in [0.5, 0.6) is 17.4 Å². The molecule has 33 heavy (non-hydrogen) atoms. The van der Waals surface area contributed by atoms with Crippen molar-refractivity contribution >= 4 is 39.1 Å². The summed E-state index contributed by atoms with van der Waals surface area (Å²) in [5, 5.41) is 21.7. The Kier molecular flexibility index (Phi) is 6.03. The predicted molar refractivity (Wildman–Crippen MR) is 121 cm³/mol. The molecule has 0 radical (unpaired) electrons. The Morgan fingerprint density at radius 3 is 2.30 bits per heavy atom. The molecule has 0 amide bonds. The molecule has 4 rings (SSSR count). The molecular formula is C24H20ClF2NO5. The van der Waals surface area contributed by atoms with Gasteiger partial charge in [0.15, 0.2) is 0 Å². The van der Waals surface area contributed by atoms with Crippen molar-refractivity contribution in [1.82, 2.24) is 4.57 Å². The molecule has 6 nitrogen and oxygen atoms in total. The summed E-state index contributed by atoms with van der Waals surface area (Å²) in [5.74, 6) is -1.06. The minimum Gasteiger partial charge on any atom is -0.494 e. The molecule has 0 saturated carbocycles. The average molecular weight is 476 g/mol. The van der Waals surface area contributed by atoms with E-state index in [1.165, 1.54) is 16.8 Å². The molecule has 0 aliphatic rings. The minimum atomic E-state index is -3.09. The highest BCUT2D eigenvalue weighted by Crippen LogP contribution is 2.49. The summed E-state index contributed by atoms with van der Waals surface area (Å²) in [6, 6.07) is 11.4. The molecule has 2 N–H and O–H groups in total. The molecule has 0 bridgehead atoms. The topological polar surface area (TPSA) is 80.9 Å². The van der Waals surface area contributed by atoms with Crippen LogP contribution in [0.4, 0.5) is 8.78 Å². The lowest BCUT2D eigenvalue weighted by Crippen LogP contribution is -2.07. The Morgan fingerprint density at radius 1 is 1.06 bits per heavy atom. The van der Waals surface area contributed by atoms with E-state index in [1.54, 1.807) is 36.4 Å². The standard InChI is InChI=1S/C24H20ClF2NO5/c1-12(2)32-22-15-6-4-3-5-14(15)21(33-24(26)27)16-11-28(23(31)20(16)22)18-8-7-13(9-17(18)25)10-19(29)30/h3-9,11-12,24,31H,10H2,1-2H3,(H,29,30). The molecule has 1 aromatic heterocycles. The van der Waals surface area contributed by atoms with Crippen LogP contribution in [-0.2, 0) is 11.2 Å². The van der Waals surface area contributed by atoms with E-state index in [-0.39, 0.29) is 39.9 Å². The summed E-state index contributed by atoms with van der Waals surface area (Å²) in [7, 11) is 0. The number of ether oxygens (including phenoxy) is 2. The molecule has 0 fully saturated rings. The second kappa shape index (κ2) is 8.78. The summed E-state index contributed by atoms with van der Waals surface area (Å²) in [6.45, 7) is 0.546. The summed E-state index contributed by atoms with van der Waals surface area (Å²) < 4.78 is 38.9. The van der Waals surface area contributed by atoms with Crippen molar-refractivity contribution < 1.29 is 33.3 Å². The molecule has 0 atom stereocenters. The molecule has 0 spiro atoms. The number of alkyl halides is 2. The molecule has 3 aromatic carbocycles. The summed E-state index contributed by atoms with van der Waals surface area (Å²) in [5.41, 5.74) is 0.811. The van der Waals surface area contributed by atoms with Gasteiger partial charge in [0.2, 0.25) is 5.88 Å². The number of hydrogen-bond acceptors (Lipinski definition) is 4. The number of hydrogen-bond donors (Lipinski definition) is 2. The average Bonchev–Trinajstić information content (AvgIpc) is 3.06. The number of carboxylic acids is 1. The van der Waals surface area contributed by atoms with Gasteiger partial charge in [-0.3, -0.25) is 9.36 Å². The predicted octanol–water partition coefficient (Wildman–Crippen LogP) is 6.16. The highest BCUT2D eigenvalue weighted by atomic mass is 35.5. The SMILES string of the molecule is CC(C)Oc1c2ccccc2c(OC(F)F)c2cn(-c3ccc(CC(=O)O)cc3Cl)c(O)c12. The van der Waals surface area contributed by atoms with E-state index in [0.717, 1.165) is 0 Å². The number of nitrogens with zero attached hydrogens (tertiary/aromatic N) is 1. The molecule has 172 valence electrons. The van der Waals surface area contributed by atoms with Gasteiger partial charge in [-0.25, -0.2) is 0 Å². The first-order chi connectivity index (χ1) is 15.7. The van der Waals surface area contributed by atoms with Crippen molar-refractivity contribution in [1.29, 1.82) is 0 Å². The largest absolute Gasteiger partial charge is 0.494 e. The zero-order chi connectivity index (χ0) is 23.9. The van der Waals surface area contributed by atoms with Crippen LogP contribution in [0, 0.1) is 0 Å². The molecule has 0 saturated heterocycles. The first-order valence-electron chi connectivity index (χ1n) is 10.1. The van der Waals surface area contributed by atoms with E-state index in [2.05, 4.69) is 0 Å². The van der Waals surface area contributed by atoms with E-state index in [4.69, 9.17) is 26.2 Å². The van der Waals surface area contributed by atoms with Crippen LogP contribution in [0.25, 0.3) is 27.2 Å². The highest BCUT2D eigenvalue weighted by molar-refractivity contribution is 6.32. The van der Waals surface area contributed by atoms with E-state index in [9.17, 15) is 18.7 Å². The highest BCUT2D eigenvalue weighted by Gasteiger charge is 2.25. The second-order valence-electron chi connectivity index (χ2n) is 7.72. The van der Waals surface area contributed by atoms with Gasteiger partial charge in [-0.1, -0.05) is 41.9 Å². The van der Waals surface area contributed by atoms with E-state index < -0.39 is 12.6 Å². The maximum Gasteiger partial charge on any atom is 0.387 e. The summed E-state index contributed by atoms with van der Waals surface area (Å²) in [4.78, 5) is 11.0. The number of benzene rings is 3. The van der Waals surface area contributed by atoms with Crippen LogP contribution in [0.15, 0.2) is 48.7 Å². The van der Waals surface area contributed by atoms with Gasteiger partial charge in [0, 0.05) is 17.0 Å². The van der Waals surface area contributed by atoms with Gasteiger partial charge in [-0.2, -0.15) is 8.78 Å². The van der Waals surface area contributed by atoms with Crippen LogP contribution in [-0.4, -0.2) is 33.5 Å². The van der Waals surface area contributed by atoms with Crippen LogP contribution < -0.4 is 9.47 Å². The van der Waals surface area contributed by atoms with Gasteiger partial charge in [0.25, 0.3) is 0 Å². The number of aromatic nitrogens is 1.